The summed E-state index contributed by atoms with van der Waals surface area (Å²) in [6, 6.07) is 0. The van der Waals surface area contributed by atoms with E-state index in [9.17, 15) is 19.8 Å². The van der Waals surface area contributed by atoms with Crippen molar-refractivity contribution in [1.29, 1.82) is 0 Å². The van der Waals surface area contributed by atoms with Crippen LogP contribution in [0.15, 0.2) is 12.2 Å². The first-order chi connectivity index (χ1) is 10.2. The van der Waals surface area contributed by atoms with Crippen LogP contribution in [-0.4, -0.2) is 34.9 Å². The van der Waals surface area contributed by atoms with Crippen molar-refractivity contribution in [3.05, 3.63) is 12.2 Å². The number of carbonyl (C=O) groups is 2. The van der Waals surface area contributed by atoms with Crippen LogP contribution in [0.25, 0.3) is 0 Å². The number of aliphatic hydroxyl groups is 1. The molecule has 0 aromatic heterocycles. The Kier molecular flexibility index (Phi) is 4.66. The summed E-state index contributed by atoms with van der Waals surface area (Å²) >= 11 is 0. The maximum atomic E-state index is 12.7. The van der Waals surface area contributed by atoms with Crippen LogP contribution in [0.4, 0.5) is 0 Å². The number of carbonyl (C=O) groups excluding carboxylic acids is 1. The number of rotatable bonds is 4. The van der Waals surface area contributed by atoms with E-state index in [4.69, 9.17) is 4.74 Å². The van der Waals surface area contributed by atoms with Crippen LogP contribution < -0.4 is 0 Å². The van der Waals surface area contributed by atoms with E-state index in [2.05, 4.69) is 12.2 Å². The lowest BCUT2D eigenvalue weighted by Gasteiger charge is -2.38. The van der Waals surface area contributed by atoms with Crippen molar-refractivity contribution in [2.24, 2.45) is 22.7 Å². The van der Waals surface area contributed by atoms with Gasteiger partial charge in [0.1, 0.15) is 6.10 Å². The molecule has 1 saturated carbocycles. The summed E-state index contributed by atoms with van der Waals surface area (Å²) in [4.78, 5) is 24.4. The minimum Gasteiger partial charge on any atom is -0.480 e. The van der Waals surface area contributed by atoms with E-state index in [1.165, 1.54) is 0 Å². The third kappa shape index (κ3) is 2.78. The molecule has 0 spiro atoms. The number of esters is 1. The fraction of sp³-hybridized carbons (Fsp3) is 0.765. The lowest BCUT2D eigenvalue weighted by atomic mass is 9.67. The van der Waals surface area contributed by atoms with Crippen LogP contribution >= 0.6 is 0 Å². The van der Waals surface area contributed by atoms with E-state index in [1.807, 2.05) is 0 Å². The number of carboxylic acids is 1. The molecular weight excluding hydrogens is 284 g/mol. The molecule has 5 nitrogen and oxygen atoms in total. The van der Waals surface area contributed by atoms with Gasteiger partial charge in [0.15, 0.2) is 5.41 Å². The zero-order valence-corrected chi connectivity index (χ0v) is 13.5. The van der Waals surface area contributed by atoms with Crippen molar-refractivity contribution in [1.82, 2.24) is 0 Å². The maximum absolute atomic E-state index is 12.7. The van der Waals surface area contributed by atoms with Gasteiger partial charge >= 0.3 is 11.9 Å². The number of fused-ring (bicyclic) bond motifs is 3. The summed E-state index contributed by atoms with van der Waals surface area (Å²) < 4.78 is 5.61. The monoisotopic (exact) mass is 310 g/mol. The maximum Gasteiger partial charge on any atom is 0.326 e. The smallest absolute Gasteiger partial charge is 0.326 e. The Balaban J connectivity index is 2.22. The van der Waals surface area contributed by atoms with Crippen molar-refractivity contribution in [3.8, 4) is 0 Å². The van der Waals surface area contributed by atoms with Gasteiger partial charge in [-0.3, -0.25) is 9.59 Å². The number of hydrogen-bond acceptors (Lipinski definition) is 4. The molecule has 0 aliphatic heterocycles. The Bertz CT molecular complexity index is 476. The van der Waals surface area contributed by atoms with Crippen molar-refractivity contribution >= 4 is 11.9 Å². The number of hydrogen-bond donors (Lipinski definition) is 2. The van der Waals surface area contributed by atoms with E-state index in [0.29, 0.717) is 5.92 Å². The standard InChI is InChI=1S/C17H26O5/c1-16(2,3)17(10-18,14(19)20)15(21)22-13-9-6-11-4-7-12(13)8-5-11/h4,7,11-13,18H,5-6,8-10H2,1-3H3,(H,19,20). The lowest BCUT2D eigenvalue weighted by molar-refractivity contribution is -0.187. The minimum absolute atomic E-state index is 0.160. The third-order valence-electron chi connectivity index (χ3n) is 5.29. The highest BCUT2D eigenvalue weighted by molar-refractivity contribution is 6.00. The fourth-order valence-electron chi connectivity index (χ4n) is 3.51. The highest BCUT2D eigenvalue weighted by Gasteiger charge is 2.57. The number of aliphatic carboxylic acids is 1. The average molecular weight is 310 g/mol. The molecule has 0 amide bonds. The van der Waals surface area contributed by atoms with Crippen LogP contribution in [0.5, 0.6) is 0 Å². The van der Waals surface area contributed by atoms with Crippen molar-refractivity contribution < 1.29 is 24.5 Å². The van der Waals surface area contributed by atoms with Gasteiger partial charge in [-0.2, -0.15) is 0 Å². The Hall–Kier alpha value is -1.36. The topological polar surface area (TPSA) is 83.8 Å². The Morgan fingerprint density at radius 2 is 1.77 bits per heavy atom. The van der Waals surface area contributed by atoms with E-state index >= 15 is 0 Å². The predicted octanol–water partition coefficient (Wildman–Crippen LogP) is 2.38. The molecule has 3 aliphatic rings. The Morgan fingerprint density at radius 3 is 2.23 bits per heavy atom. The number of aliphatic hydroxyl groups excluding tert-OH is 1. The SMILES string of the molecule is CC(C)(C)C(CO)(C(=O)O)C(=O)OC1CCC2C=CC1CC2. The number of carboxylic acid groups (broad SMARTS) is 1. The molecule has 22 heavy (non-hydrogen) atoms. The van der Waals surface area contributed by atoms with Gasteiger partial charge in [0.05, 0.1) is 6.61 Å². The molecule has 124 valence electrons. The number of allylic oxidation sites excluding steroid dienone is 1. The van der Waals surface area contributed by atoms with Crippen LogP contribution in [-0.2, 0) is 14.3 Å². The van der Waals surface area contributed by atoms with E-state index in [1.54, 1.807) is 20.8 Å². The summed E-state index contributed by atoms with van der Waals surface area (Å²) in [5, 5.41) is 19.2. The highest BCUT2D eigenvalue weighted by atomic mass is 16.5. The molecule has 0 radical (unpaired) electrons. The molecule has 3 aliphatic carbocycles. The van der Waals surface area contributed by atoms with Crippen LogP contribution in [0.1, 0.15) is 46.5 Å². The molecule has 0 saturated heterocycles. The van der Waals surface area contributed by atoms with E-state index in [0.717, 1.165) is 25.7 Å². The highest BCUT2D eigenvalue weighted by Crippen LogP contribution is 2.42. The molecule has 4 unspecified atom stereocenters. The summed E-state index contributed by atoms with van der Waals surface area (Å²) in [5.74, 6) is -1.45. The first-order valence-electron chi connectivity index (χ1n) is 7.96. The summed E-state index contributed by atoms with van der Waals surface area (Å²) in [6.45, 7) is 4.14. The van der Waals surface area contributed by atoms with Gasteiger partial charge in [0.25, 0.3) is 0 Å². The second kappa shape index (κ2) is 6.03. The van der Waals surface area contributed by atoms with Gasteiger partial charge in [-0.1, -0.05) is 32.9 Å². The summed E-state index contributed by atoms with van der Waals surface area (Å²) in [6.07, 6.45) is 7.76. The van der Waals surface area contributed by atoms with E-state index in [-0.39, 0.29) is 12.0 Å². The van der Waals surface area contributed by atoms with Gasteiger partial charge in [0.2, 0.25) is 0 Å². The normalized spacial score (nSPS) is 30.5. The van der Waals surface area contributed by atoms with Gasteiger partial charge in [-0.25, -0.2) is 0 Å². The first-order valence-corrected chi connectivity index (χ1v) is 7.96. The zero-order valence-electron chi connectivity index (χ0n) is 13.5. The van der Waals surface area contributed by atoms with Crippen molar-refractivity contribution in [2.75, 3.05) is 6.61 Å². The van der Waals surface area contributed by atoms with Crippen LogP contribution in [0, 0.1) is 22.7 Å². The van der Waals surface area contributed by atoms with Crippen LogP contribution in [0.3, 0.4) is 0 Å². The largest absolute Gasteiger partial charge is 0.480 e. The van der Waals surface area contributed by atoms with E-state index < -0.39 is 29.4 Å². The molecule has 4 atom stereocenters. The second-order valence-corrected chi connectivity index (χ2v) is 7.53. The Labute approximate surface area is 131 Å². The molecular formula is C17H26O5. The molecule has 1 fully saturated rings. The van der Waals surface area contributed by atoms with Crippen molar-refractivity contribution in [2.45, 2.75) is 52.6 Å². The first kappa shape index (κ1) is 17.0. The molecule has 5 heteroatoms. The van der Waals surface area contributed by atoms with Gasteiger partial charge in [-0.05, 0) is 37.0 Å². The molecule has 2 N–H and O–H groups in total. The molecule has 0 aromatic carbocycles. The summed E-state index contributed by atoms with van der Waals surface area (Å²) in [5.41, 5.74) is -2.87. The lowest BCUT2D eigenvalue weighted by Crippen LogP contribution is -2.54. The summed E-state index contributed by atoms with van der Waals surface area (Å²) in [7, 11) is 0. The van der Waals surface area contributed by atoms with Gasteiger partial charge in [-0.15, -0.1) is 0 Å². The molecule has 0 aromatic rings. The molecule has 3 rings (SSSR count). The minimum atomic E-state index is -1.93. The van der Waals surface area contributed by atoms with Crippen LogP contribution in [0.2, 0.25) is 0 Å². The van der Waals surface area contributed by atoms with Crippen molar-refractivity contribution in [3.63, 3.8) is 0 Å². The van der Waals surface area contributed by atoms with Gasteiger partial charge < -0.3 is 14.9 Å². The average Bonchev–Trinajstić information content (AvgIpc) is 2.72. The van der Waals surface area contributed by atoms with Gasteiger partial charge in [0, 0.05) is 5.92 Å². The second-order valence-electron chi connectivity index (χ2n) is 7.53. The zero-order chi connectivity index (χ0) is 16.5. The molecule has 0 heterocycles. The molecule has 2 bridgehead atoms. The number of ether oxygens (including phenoxy) is 1. The predicted molar refractivity (Wildman–Crippen MR) is 81.1 cm³/mol. The third-order valence-corrected chi connectivity index (χ3v) is 5.29. The quantitative estimate of drug-likeness (QED) is 0.473. The fourth-order valence-corrected chi connectivity index (χ4v) is 3.51. The Morgan fingerprint density at radius 1 is 1.14 bits per heavy atom.